The van der Waals surface area contributed by atoms with Gasteiger partial charge in [-0.3, -0.25) is 0 Å². The van der Waals surface area contributed by atoms with Crippen molar-refractivity contribution >= 4 is 29.9 Å². The van der Waals surface area contributed by atoms with E-state index in [1.165, 1.54) is 0 Å². The quantitative estimate of drug-likeness (QED) is 0.214. The summed E-state index contributed by atoms with van der Waals surface area (Å²) in [7, 11) is 7.86. The number of halogens is 1. The molecule has 2 aromatic carbocycles. The van der Waals surface area contributed by atoms with Gasteiger partial charge in [0.15, 0.2) is 17.5 Å². The van der Waals surface area contributed by atoms with Gasteiger partial charge in [0.1, 0.15) is 11.5 Å². The number of aliphatic hydroxyl groups is 1. The molecule has 0 bridgehead atoms. The van der Waals surface area contributed by atoms with Gasteiger partial charge in [-0.05, 0) is 42.3 Å². The van der Waals surface area contributed by atoms with Gasteiger partial charge in [-0.2, -0.15) is 0 Å². The van der Waals surface area contributed by atoms with Crippen LogP contribution in [0.5, 0.6) is 28.7 Å². The molecule has 1 atom stereocenters. The number of hydrogen-bond acceptors (Lipinski definition) is 7. The summed E-state index contributed by atoms with van der Waals surface area (Å²) >= 11 is 0. The van der Waals surface area contributed by atoms with E-state index in [2.05, 4.69) is 15.6 Å². The van der Waals surface area contributed by atoms with E-state index in [9.17, 15) is 5.11 Å². The fraction of sp³-hybridized carbons (Fsp3) is 0.435. The second kappa shape index (κ2) is 14.5. The molecule has 184 valence electrons. The summed E-state index contributed by atoms with van der Waals surface area (Å²) < 4.78 is 26.7. The van der Waals surface area contributed by atoms with E-state index in [0.717, 1.165) is 5.56 Å². The van der Waals surface area contributed by atoms with Crippen LogP contribution in [0, 0.1) is 0 Å². The van der Waals surface area contributed by atoms with Crippen molar-refractivity contribution in [3.63, 3.8) is 0 Å². The minimum Gasteiger partial charge on any atom is -0.497 e. The lowest BCUT2D eigenvalue weighted by atomic mass is 10.1. The summed E-state index contributed by atoms with van der Waals surface area (Å²) in [4.78, 5) is 4.61. The van der Waals surface area contributed by atoms with E-state index in [-0.39, 0.29) is 30.5 Å². The fourth-order valence-electron chi connectivity index (χ4n) is 3.07. The molecule has 10 heteroatoms. The molecule has 1 unspecified atom stereocenters. The van der Waals surface area contributed by atoms with Gasteiger partial charge in [0.2, 0.25) is 5.75 Å². The smallest absolute Gasteiger partial charge is 0.203 e. The normalized spacial score (nSPS) is 11.7. The van der Waals surface area contributed by atoms with Crippen LogP contribution in [0.2, 0.25) is 0 Å². The number of nitrogens with zero attached hydrogens (tertiary/aromatic N) is 1. The molecular weight excluding hydrogens is 541 g/mol. The van der Waals surface area contributed by atoms with Crippen LogP contribution in [0.1, 0.15) is 24.2 Å². The van der Waals surface area contributed by atoms with Crippen LogP contribution >= 0.6 is 24.0 Å². The summed E-state index contributed by atoms with van der Waals surface area (Å²) in [5.74, 6) is 3.46. The van der Waals surface area contributed by atoms with Crippen molar-refractivity contribution < 1.29 is 28.8 Å². The Balaban J connectivity index is 0.00000544. The largest absolute Gasteiger partial charge is 0.497 e. The van der Waals surface area contributed by atoms with E-state index >= 15 is 0 Å². The Hall–Kier alpha value is -2.60. The second-order valence-electron chi connectivity index (χ2n) is 6.77. The van der Waals surface area contributed by atoms with Crippen LogP contribution < -0.4 is 34.3 Å². The minimum absolute atomic E-state index is 0. The zero-order valence-electron chi connectivity index (χ0n) is 19.9. The number of aliphatic hydroxyl groups excluding tert-OH is 1. The molecule has 0 saturated carbocycles. The van der Waals surface area contributed by atoms with Crippen LogP contribution in [0.15, 0.2) is 35.3 Å². The van der Waals surface area contributed by atoms with Gasteiger partial charge in [0.25, 0.3) is 0 Å². The van der Waals surface area contributed by atoms with Crippen molar-refractivity contribution in [3.05, 3.63) is 41.5 Å². The van der Waals surface area contributed by atoms with Crippen molar-refractivity contribution in [3.8, 4) is 28.7 Å². The number of nitrogens with one attached hydrogen (secondary N) is 2. The first-order valence-corrected chi connectivity index (χ1v) is 10.2. The number of benzene rings is 2. The third-order valence-electron chi connectivity index (χ3n) is 4.71. The highest BCUT2D eigenvalue weighted by molar-refractivity contribution is 14.0. The van der Waals surface area contributed by atoms with Gasteiger partial charge in [0, 0.05) is 19.2 Å². The first-order valence-electron chi connectivity index (χ1n) is 10.2. The Morgan fingerprint density at radius 1 is 0.848 bits per heavy atom. The van der Waals surface area contributed by atoms with E-state index in [0.29, 0.717) is 53.4 Å². The predicted octanol–water partition coefficient (Wildman–Crippen LogP) is 3.14. The van der Waals surface area contributed by atoms with Crippen LogP contribution in [-0.2, 0) is 6.54 Å². The van der Waals surface area contributed by atoms with Crippen LogP contribution in [0.3, 0.4) is 0 Å². The maximum absolute atomic E-state index is 10.7. The molecule has 0 fully saturated rings. The number of hydrogen-bond donors (Lipinski definition) is 3. The molecule has 0 radical (unpaired) electrons. The molecule has 0 heterocycles. The van der Waals surface area contributed by atoms with Gasteiger partial charge in [-0.25, -0.2) is 4.99 Å². The molecule has 3 N–H and O–H groups in total. The summed E-state index contributed by atoms with van der Waals surface area (Å²) in [5.41, 5.74) is 1.56. The summed E-state index contributed by atoms with van der Waals surface area (Å²) in [6.07, 6.45) is -0.788. The van der Waals surface area contributed by atoms with Gasteiger partial charge in [-0.1, -0.05) is 0 Å². The van der Waals surface area contributed by atoms with E-state index < -0.39 is 6.10 Å². The molecule has 9 nitrogen and oxygen atoms in total. The first kappa shape index (κ1) is 28.4. The van der Waals surface area contributed by atoms with Crippen LogP contribution in [0.4, 0.5) is 0 Å². The van der Waals surface area contributed by atoms with Crippen LogP contribution in [0.25, 0.3) is 0 Å². The SMILES string of the molecule is CCNC(=NCc1cc(OC)c(OC)c(OC)c1)NCC(O)c1cc(OC)cc(OC)c1.I. The molecule has 0 saturated heterocycles. The first-order chi connectivity index (χ1) is 15.5. The Kier molecular flexibility index (Phi) is 12.5. The zero-order chi connectivity index (χ0) is 23.5. The van der Waals surface area contributed by atoms with Crippen molar-refractivity contribution in [1.82, 2.24) is 10.6 Å². The molecule has 0 spiro atoms. The maximum Gasteiger partial charge on any atom is 0.203 e. The number of guanidine groups is 1. The minimum atomic E-state index is -0.788. The van der Waals surface area contributed by atoms with Crippen LogP contribution in [-0.4, -0.2) is 59.7 Å². The number of rotatable bonds is 11. The lowest BCUT2D eigenvalue weighted by molar-refractivity contribution is 0.180. The van der Waals surface area contributed by atoms with Crippen molar-refractivity contribution in [2.24, 2.45) is 4.99 Å². The molecule has 0 aliphatic rings. The molecule has 0 aromatic heterocycles. The van der Waals surface area contributed by atoms with E-state index in [4.69, 9.17) is 23.7 Å². The number of methoxy groups -OCH3 is 5. The van der Waals surface area contributed by atoms with Gasteiger partial charge in [0.05, 0.1) is 48.2 Å². The third kappa shape index (κ3) is 8.04. The summed E-state index contributed by atoms with van der Waals surface area (Å²) in [6.45, 7) is 3.26. The average Bonchev–Trinajstić information content (AvgIpc) is 2.84. The van der Waals surface area contributed by atoms with Gasteiger partial charge >= 0.3 is 0 Å². The molecular formula is C23H34IN3O6. The third-order valence-corrected chi connectivity index (χ3v) is 4.71. The zero-order valence-corrected chi connectivity index (χ0v) is 22.3. The number of aliphatic imine (C=N–C) groups is 1. The lowest BCUT2D eigenvalue weighted by Crippen LogP contribution is -2.39. The molecule has 0 aliphatic carbocycles. The molecule has 0 amide bonds. The summed E-state index contributed by atoms with van der Waals surface area (Å²) in [5, 5.41) is 17.0. The van der Waals surface area contributed by atoms with Crippen molar-refractivity contribution in [1.29, 1.82) is 0 Å². The molecule has 0 aliphatic heterocycles. The topological polar surface area (TPSA) is 103 Å². The molecule has 2 aromatic rings. The van der Waals surface area contributed by atoms with Crippen molar-refractivity contribution in [2.45, 2.75) is 19.6 Å². The number of ether oxygens (including phenoxy) is 5. The highest BCUT2D eigenvalue weighted by atomic mass is 127. The van der Waals surface area contributed by atoms with E-state index in [1.54, 1.807) is 53.7 Å². The Bertz CT molecular complexity index is 863. The standard InChI is InChI=1S/C23H33N3O6.HI/c1-7-24-23(25-13-15-8-20(30-4)22(32-6)21(9-15)31-5)26-14-19(27)16-10-17(28-2)12-18(11-16)29-3;/h8-12,19,27H,7,13-14H2,1-6H3,(H2,24,25,26);1H. The van der Waals surface area contributed by atoms with Gasteiger partial charge < -0.3 is 39.4 Å². The average molecular weight is 575 g/mol. The van der Waals surface area contributed by atoms with Gasteiger partial charge in [-0.15, -0.1) is 24.0 Å². The highest BCUT2D eigenvalue weighted by Crippen LogP contribution is 2.38. The Morgan fingerprint density at radius 3 is 1.88 bits per heavy atom. The summed E-state index contributed by atoms with van der Waals surface area (Å²) in [6, 6.07) is 9.01. The predicted molar refractivity (Wildman–Crippen MR) is 139 cm³/mol. The maximum atomic E-state index is 10.7. The molecule has 2 rings (SSSR count). The lowest BCUT2D eigenvalue weighted by Gasteiger charge is -2.17. The fourth-order valence-corrected chi connectivity index (χ4v) is 3.07. The Labute approximate surface area is 212 Å². The monoisotopic (exact) mass is 575 g/mol. The van der Waals surface area contributed by atoms with Crippen molar-refractivity contribution in [2.75, 3.05) is 48.6 Å². The van der Waals surface area contributed by atoms with E-state index in [1.807, 2.05) is 19.1 Å². The highest BCUT2D eigenvalue weighted by Gasteiger charge is 2.14. The Morgan fingerprint density at radius 2 is 1.42 bits per heavy atom. The molecule has 33 heavy (non-hydrogen) atoms. The second-order valence-corrected chi connectivity index (χ2v) is 6.77.